The summed E-state index contributed by atoms with van der Waals surface area (Å²) in [6.45, 7) is 8.34. The first-order valence-electron chi connectivity index (χ1n) is 9.87. The van der Waals surface area contributed by atoms with Crippen LogP contribution in [0.5, 0.6) is 0 Å². The molecule has 146 valence electrons. The number of hydrogen-bond acceptors (Lipinski definition) is 3. The van der Waals surface area contributed by atoms with Crippen LogP contribution >= 0.6 is 11.6 Å². The van der Waals surface area contributed by atoms with E-state index in [1.807, 2.05) is 37.3 Å². The number of aryl methyl sites for hydroxylation is 1. The SMILES string of the molecule is Cc1nn(-c2ccccc2)c(Cl)c1C(=O)NCCCCN1CCCC(C)C1. The van der Waals surface area contributed by atoms with Gasteiger partial charge in [0.2, 0.25) is 0 Å². The Kier molecular flexibility index (Phi) is 6.91. The minimum Gasteiger partial charge on any atom is -0.352 e. The van der Waals surface area contributed by atoms with Crippen molar-refractivity contribution in [2.75, 3.05) is 26.2 Å². The highest BCUT2D eigenvalue weighted by Gasteiger charge is 2.21. The zero-order chi connectivity index (χ0) is 19.2. The number of likely N-dealkylation sites (tertiary alicyclic amines) is 1. The molecule has 1 N–H and O–H groups in total. The Hall–Kier alpha value is -1.85. The molecule has 0 saturated carbocycles. The van der Waals surface area contributed by atoms with E-state index < -0.39 is 0 Å². The first-order chi connectivity index (χ1) is 13.1. The summed E-state index contributed by atoms with van der Waals surface area (Å²) in [5.41, 5.74) is 1.95. The van der Waals surface area contributed by atoms with Gasteiger partial charge >= 0.3 is 0 Å². The van der Waals surface area contributed by atoms with Crippen LogP contribution in [0.2, 0.25) is 5.15 Å². The molecule has 0 spiro atoms. The van der Waals surface area contributed by atoms with Crippen molar-refractivity contribution in [1.29, 1.82) is 0 Å². The number of aromatic nitrogens is 2. The van der Waals surface area contributed by atoms with Crippen LogP contribution in [0.1, 0.15) is 48.7 Å². The third-order valence-electron chi connectivity index (χ3n) is 5.16. The lowest BCUT2D eigenvalue weighted by Gasteiger charge is -2.30. The molecule has 5 nitrogen and oxygen atoms in total. The highest BCUT2D eigenvalue weighted by Crippen LogP contribution is 2.23. The molecule has 1 amide bonds. The summed E-state index contributed by atoms with van der Waals surface area (Å²) >= 11 is 6.45. The average molecular weight is 389 g/mol. The van der Waals surface area contributed by atoms with Crippen molar-refractivity contribution < 1.29 is 4.79 Å². The molecule has 1 aliphatic heterocycles. The van der Waals surface area contributed by atoms with Crippen LogP contribution in [-0.2, 0) is 0 Å². The number of amides is 1. The highest BCUT2D eigenvalue weighted by atomic mass is 35.5. The maximum atomic E-state index is 12.6. The van der Waals surface area contributed by atoms with E-state index in [1.54, 1.807) is 4.68 Å². The van der Waals surface area contributed by atoms with Crippen LogP contribution in [0.15, 0.2) is 30.3 Å². The average Bonchev–Trinajstić information content (AvgIpc) is 2.96. The van der Waals surface area contributed by atoms with E-state index in [0.717, 1.165) is 31.0 Å². The number of benzene rings is 1. The molecule has 2 heterocycles. The maximum Gasteiger partial charge on any atom is 0.256 e. The number of para-hydroxylation sites is 1. The summed E-state index contributed by atoms with van der Waals surface area (Å²) in [5.74, 6) is 0.663. The van der Waals surface area contributed by atoms with Gasteiger partial charge in [-0.2, -0.15) is 5.10 Å². The second-order valence-corrected chi connectivity index (χ2v) is 7.87. The number of carbonyl (C=O) groups excluding carboxylic acids is 1. The summed E-state index contributed by atoms with van der Waals surface area (Å²) < 4.78 is 1.61. The van der Waals surface area contributed by atoms with E-state index in [4.69, 9.17) is 11.6 Å². The predicted octanol–water partition coefficient (Wildman–Crippen LogP) is 4.08. The van der Waals surface area contributed by atoms with Gasteiger partial charge in [-0.1, -0.05) is 36.7 Å². The molecule has 1 fully saturated rings. The van der Waals surface area contributed by atoms with E-state index in [0.29, 0.717) is 23.0 Å². The predicted molar refractivity (Wildman–Crippen MR) is 110 cm³/mol. The molecule has 6 heteroatoms. The standard InChI is InChI=1S/C21H29ClN4O/c1-16-9-8-14-25(15-16)13-7-6-12-23-21(27)19-17(2)24-26(20(19)22)18-10-4-3-5-11-18/h3-5,10-11,16H,6-9,12-15H2,1-2H3,(H,23,27). The van der Waals surface area contributed by atoms with Crippen LogP contribution in [0.4, 0.5) is 0 Å². The van der Waals surface area contributed by atoms with Gasteiger partial charge < -0.3 is 10.2 Å². The zero-order valence-electron chi connectivity index (χ0n) is 16.2. The zero-order valence-corrected chi connectivity index (χ0v) is 17.0. The van der Waals surface area contributed by atoms with Crippen molar-refractivity contribution in [3.63, 3.8) is 0 Å². The fraction of sp³-hybridized carbons (Fsp3) is 0.524. The van der Waals surface area contributed by atoms with E-state index in [9.17, 15) is 4.79 Å². The minimum absolute atomic E-state index is 0.147. The van der Waals surface area contributed by atoms with E-state index in [1.165, 1.54) is 25.9 Å². The van der Waals surface area contributed by atoms with Gasteiger partial charge in [-0.3, -0.25) is 4.79 Å². The lowest BCUT2D eigenvalue weighted by molar-refractivity contribution is 0.0951. The highest BCUT2D eigenvalue weighted by molar-refractivity contribution is 6.33. The summed E-state index contributed by atoms with van der Waals surface area (Å²) in [4.78, 5) is 15.1. The van der Waals surface area contributed by atoms with Gasteiger partial charge in [-0.15, -0.1) is 0 Å². The Labute approximate surface area is 166 Å². The van der Waals surface area contributed by atoms with Gasteiger partial charge in [-0.05, 0) is 63.7 Å². The molecule has 0 bridgehead atoms. The van der Waals surface area contributed by atoms with Crippen LogP contribution in [0, 0.1) is 12.8 Å². The van der Waals surface area contributed by atoms with Gasteiger partial charge in [0.05, 0.1) is 16.9 Å². The Bertz CT molecular complexity index is 759. The maximum absolute atomic E-state index is 12.6. The molecule has 1 aromatic heterocycles. The van der Waals surface area contributed by atoms with Crippen molar-refractivity contribution in [3.05, 3.63) is 46.7 Å². The number of unbranched alkanes of at least 4 members (excludes halogenated alkanes) is 1. The molecular weight excluding hydrogens is 360 g/mol. The molecule has 0 aliphatic carbocycles. The van der Waals surface area contributed by atoms with Crippen molar-refractivity contribution in [3.8, 4) is 5.69 Å². The Morgan fingerprint density at radius 3 is 2.81 bits per heavy atom. The van der Waals surface area contributed by atoms with Crippen molar-refractivity contribution in [2.45, 2.75) is 39.5 Å². The van der Waals surface area contributed by atoms with E-state index in [2.05, 4.69) is 22.2 Å². The van der Waals surface area contributed by atoms with Crippen LogP contribution < -0.4 is 5.32 Å². The molecule has 1 aliphatic rings. The molecule has 1 atom stereocenters. The van der Waals surface area contributed by atoms with Gasteiger partial charge in [-0.25, -0.2) is 4.68 Å². The minimum atomic E-state index is -0.147. The van der Waals surface area contributed by atoms with E-state index >= 15 is 0 Å². The number of rotatable bonds is 7. The number of nitrogens with one attached hydrogen (secondary N) is 1. The quantitative estimate of drug-likeness (QED) is 0.727. The normalized spacial score (nSPS) is 17.8. The van der Waals surface area contributed by atoms with Crippen LogP contribution in [0.3, 0.4) is 0 Å². The molecule has 0 radical (unpaired) electrons. The molecular formula is C21H29ClN4O. The molecule has 27 heavy (non-hydrogen) atoms. The van der Waals surface area contributed by atoms with Crippen molar-refractivity contribution >= 4 is 17.5 Å². The second-order valence-electron chi connectivity index (χ2n) is 7.51. The number of nitrogens with zero attached hydrogens (tertiary/aromatic N) is 3. The number of halogens is 1. The molecule has 1 unspecified atom stereocenters. The lowest BCUT2D eigenvalue weighted by atomic mass is 10.0. The smallest absolute Gasteiger partial charge is 0.256 e. The monoisotopic (exact) mass is 388 g/mol. The Balaban J connectivity index is 1.49. The Morgan fingerprint density at radius 1 is 1.30 bits per heavy atom. The third kappa shape index (κ3) is 5.11. The topological polar surface area (TPSA) is 50.2 Å². The summed E-state index contributed by atoms with van der Waals surface area (Å²) in [6, 6.07) is 9.62. The van der Waals surface area contributed by atoms with E-state index in [-0.39, 0.29) is 5.91 Å². The summed E-state index contributed by atoms with van der Waals surface area (Å²) in [6.07, 6.45) is 4.73. The molecule has 2 aromatic rings. The second kappa shape index (κ2) is 9.38. The number of piperidine rings is 1. The first kappa shape index (κ1) is 19.9. The largest absolute Gasteiger partial charge is 0.352 e. The van der Waals surface area contributed by atoms with Gasteiger partial charge in [0, 0.05) is 13.1 Å². The van der Waals surface area contributed by atoms with Gasteiger partial charge in [0.15, 0.2) is 0 Å². The van der Waals surface area contributed by atoms with Crippen LogP contribution in [-0.4, -0.2) is 46.8 Å². The molecule has 1 saturated heterocycles. The third-order valence-corrected chi connectivity index (χ3v) is 5.51. The fourth-order valence-electron chi connectivity index (χ4n) is 3.74. The Morgan fingerprint density at radius 2 is 2.07 bits per heavy atom. The van der Waals surface area contributed by atoms with Gasteiger partial charge in [0.1, 0.15) is 5.15 Å². The van der Waals surface area contributed by atoms with Crippen molar-refractivity contribution in [1.82, 2.24) is 20.0 Å². The number of carbonyl (C=O) groups is 1. The first-order valence-corrected chi connectivity index (χ1v) is 10.2. The molecule has 1 aromatic carbocycles. The van der Waals surface area contributed by atoms with Gasteiger partial charge in [0.25, 0.3) is 5.91 Å². The fourth-order valence-corrected chi connectivity index (χ4v) is 4.10. The molecule has 3 rings (SSSR count). The van der Waals surface area contributed by atoms with Crippen molar-refractivity contribution in [2.24, 2.45) is 5.92 Å². The number of hydrogen-bond donors (Lipinski definition) is 1. The lowest BCUT2D eigenvalue weighted by Crippen LogP contribution is -2.35. The summed E-state index contributed by atoms with van der Waals surface area (Å²) in [7, 11) is 0. The van der Waals surface area contributed by atoms with Crippen LogP contribution in [0.25, 0.3) is 5.69 Å². The summed E-state index contributed by atoms with van der Waals surface area (Å²) in [5, 5.41) is 7.79.